The van der Waals surface area contributed by atoms with Gasteiger partial charge in [-0.3, -0.25) is 9.78 Å². The lowest BCUT2D eigenvalue weighted by atomic mass is 10.1. The third kappa shape index (κ3) is 2.97. The summed E-state index contributed by atoms with van der Waals surface area (Å²) in [7, 11) is 0. The molecule has 21 heavy (non-hydrogen) atoms. The van der Waals surface area contributed by atoms with Crippen LogP contribution in [0.2, 0.25) is 0 Å². The summed E-state index contributed by atoms with van der Waals surface area (Å²) in [6, 6.07) is 8.35. The van der Waals surface area contributed by atoms with Crippen LogP contribution in [0.4, 0.5) is 5.69 Å². The van der Waals surface area contributed by atoms with E-state index in [0.717, 1.165) is 36.1 Å². The molecule has 1 saturated heterocycles. The zero-order chi connectivity index (χ0) is 14.7. The molecule has 1 fully saturated rings. The van der Waals surface area contributed by atoms with Crippen LogP contribution in [0.15, 0.2) is 30.5 Å². The smallest absolute Gasteiger partial charge is 0.252 e. The Morgan fingerprint density at radius 2 is 2.29 bits per heavy atom. The summed E-state index contributed by atoms with van der Waals surface area (Å²) >= 11 is 0. The number of anilines is 1. The molecular formula is C16H20N4O. The third-order valence-electron chi connectivity index (χ3n) is 4.00. The summed E-state index contributed by atoms with van der Waals surface area (Å²) < 4.78 is 0. The number of nitrogens with two attached hydrogens (primary N) is 1. The molecule has 1 aromatic heterocycles. The maximum absolute atomic E-state index is 11.6. The highest BCUT2D eigenvalue weighted by Crippen LogP contribution is 2.25. The van der Waals surface area contributed by atoms with E-state index in [1.807, 2.05) is 24.3 Å². The fraction of sp³-hybridized carbons (Fsp3) is 0.375. The Bertz CT molecular complexity index is 650. The number of fused-ring (bicyclic) bond motifs is 1. The molecule has 3 rings (SSSR count). The average molecular weight is 284 g/mol. The molecule has 110 valence electrons. The molecule has 0 bridgehead atoms. The number of hydrogen-bond donors (Lipinski definition) is 3. The van der Waals surface area contributed by atoms with Crippen LogP contribution in [0, 0.1) is 0 Å². The summed E-state index contributed by atoms with van der Waals surface area (Å²) in [5, 5.41) is 7.80. The molecule has 1 amide bonds. The molecule has 1 aromatic carbocycles. The number of carbonyl (C=O) groups excluding carboxylic acids is 1. The fourth-order valence-corrected chi connectivity index (χ4v) is 2.89. The van der Waals surface area contributed by atoms with E-state index >= 15 is 0 Å². The summed E-state index contributed by atoms with van der Waals surface area (Å²) in [4.78, 5) is 15.9. The van der Waals surface area contributed by atoms with E-state index in [1.165, 1.54) is 12.8 Å². The molecule has 1 atom stereocenters. The molecule has 0 spiro atoms. The molecule has 0 saturated carbocycles. The lowest BCUT2D eigenvalue weighted by Gasteiger charge is -2.15. The van der Waals surface area contributed by atoms with Gasteiger partial charge < -0.3 is 16.4 Å². The van der Waals surface area contributed by atoms with E-state index in [2.05, 4.69) is 15.6 Å². The zero-order valence-electron chi connectivity index (χ0n) is 11.9. The normalized spacial score (nSPS) is 18.0. The Kier molecular flexibility index (Phi) is 4.01. The number of amides is 1. The van der Waals surface area contributed by atoms with Gasteiger partial charge in [0.15, 0.2) is 0 Å². The van der Waals surface area contributed by atoms with Crippen molar-refractivity contribution in [3.63, 3.8) is 0 Å². The molecule has 5 nitrogen and oxygen atoms in total. The van der Waals surface area contributed by atoms with E-state index in [1.54, 1.807) is 6.20 Å². The lowest BCUT2D eigenvalue weighted by molar-refractivity contribution is 0.100. The summed E-state index contributed by atoms with van der Waals surface area (Å²) in [5.74, 6) is -0.449. The van der Waals surface area contributed by atoms with Crippen molar-refractivity contribution in [2.75, 3.05) is 18.4 Å². The van der Waals surface area contributed by atoms with Crippen molar-refractivity contribution in [1.82, 2.24) is 10.3 Å². The molecule has 2 aromatic rings. The van der Waals surface area contributed by atoms with Gasteiger partial charge in [0.1, 0.15) is 0 Å². The summed E-state index contributed by atoms with van der Waals surface area (Å²) in [5.41, 5.74) is 7.58. The third-order valence-corrected chi connectivity index (χ3v) is 4.00. The van der Waals surface area contributed by atoms with Crippen LogP contribution in [0.5, 0.6) is 0 Å². The van der Waals surface area contributed by atoms with Crippen molar-refractivity contribution >= 4 is 22.5 Å². The van der Waals surface area contributed by atoms with Crippen molar-refractivity contribution in [2.45, 2.75) is 25.3 Å². The first-order valence-electron chi connectivity index (χ1n) is 7.40. The predicted octanol–water partition coefficient (Wildman–Crippen LogP) is 1.89. The first kappa shape index (κ1) is 13.8. The minimum absolute atomic E-state index is 0.449. The van der Waals surface area contributed by atoms with Crippen molar-refractivity contribution < 1.29 is 4.79 Å². The van der Waals surface area contributed by atoms with E-state index < -0.39 is 5.91 Å². The Morgan fingerprint density at radius 3 is 3.05 bits per heavy atom. The minimum Gasteiger partial charge on any atom is -0.384 e. The fourth-order valence-electron chi connectivity index (χ4n) is 2.89. The number of para-hydroxylation sites is 1. The van der Waals surface area contributed by atoms with E-state index in [4.69, 9.17) is 5.73 Å². The maximum atomic E-state index is 11.6. The largest absolute Gasteiger partial charge is 0.384 e. The number of hydrogen-bond acceptors (Lipinski definition) is 4. The van der Waals surface area contributed by atoms with Crippen molar-refractivity contribution in [1.29, 1.82) is 0 Å². The van der Waals surface area contributed by atoms with E-state index in [-0.39, 0.29) is 0 Å². The molecule has 0 radical (unpaired) electrons. The number of primary amides is 1. The molecule has 5 heteroatoms. The number of nitrogens with one attached hydrogen (secondary N) is 2. The SMILES string of the molecule is NC(=O)c1cnc2ccccc2c1NCCC1CCCN1. The molecule has 4 N–H and O–H groups in total. The lowest BCUT2D eigenvalue weighted by Crippen LogP contribution is -2.24. The zero-order valence-corrected chi connectivity index (χ0v) is 11.9. The maximum Gasteiger partial charge on any atom is 0.252 e. The van der Waals surface area contributed by atoms with Gasteiger partial charge >= 0.3 is 0 Å². The number of aromatic nitrogens is 1. The Balaban J connectivity index is 1.83. The van der Waals surface area contributed by atoms with Crippen LogP contribution in [0.25, 0.3) is 10.9 Å². The van der Waals surface area contributed by atoms with Gasteiger partial charge in [-0.05, 0) is 31.9 Å². The highest BCUT2D eigenvalue weighted by Gasteiger charge is 2.15. The predicted molar refractivity (Wildman–Crippen MR) is 84.4 cm³/mol. The van der Waals surface area contributed by atoms with Crippen LogP contribution in [-0.4, -0.2) is 30.0 Å². The second-order valence-corrected chi connectivity index (χ2v) is 5.44. The average Bonchev–Trinajstić information content (AvgIpc) is 3.00. The molecule has 0 aliphatic carbocycles. The van der Waals surface area contributed by atoms with Gasteiger partial charge in [0.2, 0.25) is 0 Å². The van der Waals surface area contributed by atoms with Gasteiger partial charge in [-0.1, -0.05) is 18.2 Å². The van der Waals surface area contributed by atoms with Gasteiger partial charge in [0.05, 0.1) is 16.8 Å². The minimum atomic E-state index is -0.449. The van der Waals surface area contributed by atoms with Crippen molar-refractivity contribution in [3.8, 4) is 0 Å². The van der Waals surface area contributed by atoms with Crippen LogP contribution < -0.4 is 16.4 Å². The number of pyridine rings is 1. The highest BCUT2D eigenvalue weighted by molar-refractivity contribution is 6.06. The number of benzene rings is 1. The van der Waals surface area contributed by atoms with Gasteiger partial charge in [-0.2, -0.15) is 0 Å². The summed E-state index contributed by atoms with van der Waals surface area (Å²) in [6.45, 7) is 1.92. The summed E-state index contributed by atoms with van der Waals surface area (Å²) in [6.07, 6.45) is 5.06. The van der Waals surface area contributed by atoms with Crippen LogP contribution in [-0.2, 0) is 0 Å². The monoisotopic (exact) mass is 284 g/mol. The number of rotatable bonds is 5. The van der Waals surface area contributed by atoms with Crippen LogP contribution in [0.1, 0.15) is 29.6 Å². The van der Waals surface area contributed by atoms with E-state index in [0.29, 0.717) is 11.6 Å². The molecule has 1 aliphatic heterocycles. The molecular weight excluding hydrogens is 264 g/mol. The second-order valence-electron chi connectivity index (χ2n) is 5.44. The molecule has 1 unspecified atom stereocenters. The van der Waals surface area contributed by atoms with E-state index in [9.17, 15) is 4.79 Å². The van der Waals surface area contributed by atoms with Gasteiger partial charge in [-0.15, -0.1) is 0 Å². The Morgan fingerprint density at radius 1 is 1.43 bits per heavy atom. The standard InChI is InChI=1S/C16H20N4O/c17-16(21)13-10-20-14-6-2-1-5-12(14)15(13)19-9-7-11-4-3-8-18-11/h1-2,5-6,10-11,18H,3-4,7-9H2,(H2,17,21)(H,19,20). The van der Waals surface area contributed by atoms with Crippen molar-refractivity contribution in [2.24, 2.45) is 5.73 Å². The van der Waals surface area contributed by atoms with Crippen LogP contribution in [0.3, 0.4) is 0 Å². The molecule has 2 heterocycles. The second kappa shape index (κ2) is 6.10. The number of carbonyl (C=O) groups is 1. The van der Waals surface area contributed by atoms with Gasteiger partial charge in [0, 0.05) is 24.2 Å². The van der Waals surface area contributed by atoms with Gasteiger partial charge in [-0.25, -0.2) is 0 Å². The first-order chi connectivity index (χ1) is 10.3. The Labute approximate surface area is 123 Å². The van der Waals surface area contributed by atoms with Crippen molar-refractivity contribution in [3.05, 3.63) is 36.0 Å². The first-order valence-corrected chi connectivity index (χ1v) is 7.40. The van der Waals surface area contributed by atoms with Gasteiger partial charge in [0.25, 0.3) is 5.91 Å². The number of nitrogens with zero attached hydrogens (tertiary/aromatic N) is 1. The molecule has 1 aliphatic rings. The highest BCUT2D eigenvalue weighted by atomic mass is 16.1. The Hall–Kier alpha value is -2.14. The quantitative estimate of drug-likeness (QED) is 0.783. The van der Waals surface area contributed by atoms with Crippen LogP contribution >= 0.6 is 0 Å². The topological polar surface area (TPSA) is 80.0 Å².